The Balaban J connectivity index is 1.26. The van der Waals surface area contributed by atoms with Crippen molar-refractivity contribution in [2.75, 3.05) is 4.90 Å². The minimum atomic E-state index is -0.0623. The predicted molar refractivity (Wildman–Crippen MR) is 187 cm³/mol. The molecule has 0 radical (unpaired) electrons. The van der Waals surface area contributed by atoms with Crippen LogP contribution in [-0.4, -0.2) is 6.04 Å². The molecule has 3 aromatic carbocycles. The fourth-order valence-corrected chi connectivity index (χ4v) is 6.28. The van der Waals surface area contributed by atoms with Gasteiger partial charge in [-0.1, -0.05) is 124 Å². The Morgan fingerprint density at radius 2 is 1.56 bits per heavy atom. The number of hydrogen-bond acceptors (Lipinski definition) is 1. The van der Waals surface area contributed by atoms with Gasteiger partial charge in [-0.05, 0) is 107 Å². The van der Waals surface area contributed by atoms with E-state index in [0.717, 1.165) is 18.4 Å². The number of allylic oxidation sites excluding steroid dienone is 12. The molecule has 6 rings (SSSR count). The van der Waals surface area contributed by atoms with Crippen molar-refractivity contribution in [3.8, 4) is 22.3 Å². The van der Waals surface area contributed by atoms with Crippen molar-refractivity contribution in [1.82, 2.24) is 0 Å². The monoisotopic (exact) mass is 559 g/mol. The van der Waals surface area contributed by atoms with Gasteiger partial charge in [0.15, 0.2) is 0 Å². The summed E-state index contributed by atoms with van der Waals surface area (Å²) >= 11 is 0. The van der Waals surface area contributed by atoms with E-state index < -0.39 is 0 Å². The van der Waals surface area contributed by atoms with Gasteiger partial charge in [0.05, 0.1) is 0 Å². The van der Waals surface area contributed by atoms with Crippen LogP contribution in [0.5, 0.6) is 0 Å². The van der Waals surface area contributed by atoms with Crippen LogP contribution in [0.25, 0.3) is 28.3 Å². The van der Waals surface area contributed by atoms with E-state index in [1.165, 1.54) is 55.8 Å². The van der Waals surface area contributed by atoms with Gasteiger partial charge in [0, 0.05) is 23.3 Å². The molecular weight excluding hydrogens is 518 g/mol. The van der Waals surface area contributed by atoms with Crippen LogP contribution >= 0.6 is 0 Å². The fourth-order valence-electron chi connectivity index (χ4n) is 6.28. The summed E-state index contributed by atoms with van der Waals surface area (Å²) in [5, 5.41) is 0. The molecule has 3 aliphatic rings. The standard InChI is InChI=1S/C42H41N/c1-30-12-9-10-27-43(32(3)14-11-13-31(30)2)37-23-20-35(21-24-37)36-22-26-39-38-25-19-34(18-17-33-15-7-6-8-16-33)28-40(38)42(4,5)41(39)29-36/h7,9-29,32H,1,6,8H2,2-5H3/b12-9-,14-11-,18-17+,27-10-,31-13+. The maximum atomic E-state index is 4.16. The Labute approximate surface area is 258 Å². The van der Waals surface area contributed by atoms with Crippen LogP contribution in [0, 0.1) is 0 Å². The molecule has 1 heterocycles. The maximum absolute atomic E-state index is 4.16. The van der Waals surface area contributed by atoms with E-state index in [4.69, 9.17) is 0 Å². The zero-order valence-electron chi connectivity index (χ0n) is 25.8. The summed E-state index contributed by atoms with van der Waals surface area (Å²) in [7, 11) is 0. The lowest BCUT2D eigenvalue weighted by atomic mass is 9.81. The quantitative estimate of drug-likeness (QED) is 0.307. The van der Waals surface area contributed by atoms with Crippen LogP contribution in [-0.2, 0) is 5.41 Å². The first-order chi connectivity index (χ1) is 20.8. The van der Waals surface area contributed by atoms with Crippen LogP contribution in [0.2, 0.25) is 0 Å². The average molecular weight is 560 g/mol. The van der Waals surface area contributed by atoms with Crippen molar-refractivity contribution >= 4 is 11.8 Å². The first-order valence-corrected chi connectivity index (χ1v) is 15.4. The highest BCUT2D eigenvalue weighted by molar-refractivity contribution is 5.84. The molecule has 3 aromatic rings. The van der Waals surface area contributed by atoms with Gasteiger partial charge in [-0.25, -0.2) is 0 Å². The molecule has 0 saturated heterocycles. The lowest BCUT2D eigenvalue weighted by Gasteiger charge is -2.26. The molecule has 43 heavy (non-hydrogen) atoms. The predicted octanol–water partition coefficient (Wildman–Crippen LogP) is 11.3. The van der Waals surface area contributed by atoms with Crippen molar-refractivity contribution in [1.29, 1.82) is 0 Å². The van der Waals surface area contributed by atoms with Crippen LogP contribution in [0.1, 0.15) is 57.2 Å². The zero-order chi connectivity index (χ0) is 30.0. The van der Waals surface area contributed by atoms with Crippen LogP contribution in [0.15, 0.2) is 151 Å². The second-order valence-corrected chi connectivity index (χ2v) is 12.4. The van der Waals surface area contributed by atoms with E-state index >= 15 is 0 Å². The summed E-state index contributed by atoms with van der Waals surface area (Å²) in [6.07, 6.45) is 28.4. The molecule has 2 aliphatic carbocycles. The van der Waals surface area contributed by atoms with Gasteiger partial charge in [0.2, 0.25) is 0 Å². The second-order valence-electron chi connectivity index (χ2n) is 12.4. The summed E-state index contributed by atoms with van der Waals surface area (Å²) in [5.74, 6) is 0. The molecule has 0 amide bonds. The van der Waals surface area contributed by atoms with Crippen molar-refractivity contribution in [2.45, 2.75) is 52.0 Å². The summed E-state index contributed by atoms with van der Waals surface area (Å²) in [4.78, 5) is 2.30. The third-order valence-corrected chi connectivity index (χ3v) is 9.03. The van der Waals surface area contributed by atoms with E-state index in [0.29, 0.717) is 0 Å². The van der Waals surface area contributed by atoms with E-state index in [9.17, 15) is 0 Å². The van der Waals surface area contributed by atoms with E-state index in [2.05, 4.69) is 173 Å². The topological polar surface area (TPSA) is 3.24 Å². The Hall–Kier alpha value is -4.62. The molecule has 214 valence electrons. The number of rotatable bonds is 4. The number of nitrogens with zero attached hydrogens (tertiary/aromatic N) is 1. The Kier molecular flexibility index (Phi) is 7.91. The first kappa shape index (κ1) is 28.5. The molecule has 1 heteroatoms. The van der Waals surface area contributed by atoms with Gasteiger partial charge in [0.1, 0.15) is 0 Å². The lowest BCUT2D eigenvalue weighted by Crippen LogP contribution is -2.25. The summed E-state index contributed by atoms with van der Waals surface area (Å²) in [5.41, 5.74) is 13.9. The largest absolute Gasteiger partial charge is 0.341 e. The maximum Gasteiger partial charge on any atom is 0.0491 e. The molecule has 1 atom stereocenters. The van der Waals surface area contributed by atoms with Crippen LogP contribution in [0.4, 0.5) is 5.69 Å². The van der Waals surface area contributed by atoms with Gasteiger partial charge >= 0.3 is 0 Å². The molecule has 1 unspecified atom stereocenters. The highest BCUT2D eigenvalue weighted by Gasteiger charge is 2.35. The zero-order valence-corrected chi connectivity index (χ0v) is 25.8. The Morgan fingerprint density at radius 1 is 0.814 bits per heavy atom. The van der Waals surface area contributed by atoms with Crippen LogP contribution < -0.4 is 4.90 Å². The summed E-state index contributed by atoms with van der Waals surface area (Å²) in [6, 6.07) is 23.1. The third-order valence-electron chi connectivity index (χ3n) is 9.03. The third kappa shape index (κ3) is 5.86. The number of fused-ring (bicyclic) bond motifs is 3. The molecule has 0 aromatic heterocycles. The van der Waals surface area contributed by atoms with E-state index in [1.54, 1.807) is 0 Å². The highest BCUT2D eigenvalue weighted by Crippen LogP contribution is 2.50. The molecule has 1 nitrogen and oxygen atoms in total. The van der Waals surface area contributed by atoms with Gasteiger partial charge in [-0.15, -0.1) is 0 Å². The van der Waals surface area contributed by atoms with Crippen molar-refractivity contribution < 1.29 is 0 Å². The second kappa shape index (κ2) is 11.9. The summed E-state index contributed by atoms with van der Waals surface area (Å²) < 4.78 is 0. The minimum Gasteiger partial charge on any atom is -0.341 e. The highest BCUT2D eigenvalue weighted by atomic mass is 15.1. The molecule has 0 fully saturated rings. The normalized spacial score (nSPS) is 22.7. The van der Waals surface area contributed by atoms with Crippen molar-refractivity contribution in [3.05, 3.63) is 168 Å². The van der Waals surface area contributed by atoms with Gasteiger partial charge in [0.25, 0.3) is 0 Å². The molecule has 1 aliphatic heterocycles. The van der Waals surface area contributed by atoms with Gasteiger partial charge < -0.3 is 4.90 Å². The first-order valence-electron chi connectivity index (χ1n) is 15.4. The SMILES string of the molecule is C=C1/C=C\C=C/N(c2ccc(-c3ccc4c(c3)C(C)(C)c3cc(/C=C/C5=CCCC=C5)ccc3-4)cc2)C(C)/C=C\C=C\1C. The fraction of sp³-hybridized carbons (Fsp3) is 0.190. The van der Waals surface area contributed by atoms with Crippen LogP contribution in [0.3, 0.4) is 0 Å². The molecular formula is C42H41N. The average Bonchev–Trinajstić information content (AvgIpc) is 3.24. The van der Waals surface area contributed by atoms with Gasteiger partial charge in [-0.2, -0.15) is 0 Å². The van der Waals surface area contributed by atoms with Gasteiger partial charge in [-0.3, -0.25) is 0 Å². The lowest BCUT2D eigenvalue weighted by molar-refractivity contribution is 0.660. The minimum absolute atomic E-state index is 0.0623. The molecule has 0 bridgehead atoms. The van der Waals surface area contributed by atoms with Crippen molar-refractivity contribution in [3.63, 3.8) is 0 Å². The Morgan fingerprint density at radius 3 is 2.33 bits per heavy atom. The Bertz CT molecular complexity index is 1760. The number of benzene rings is 3. The molecule has 0 N–H and O–H groups in total. The number of anilines is 1. The van der Waals surface area contributed by atoms with E-state index in [1.807, 2.05) is 0 Å². The molecule has 0 spiro atoms. The van der Waals surface area contributed by atoms with Crippen molar-refractivity contribution in [2.24, 2.45) is 0 Å². The van der Waals surface area contributed by atoms with E-state index in [-0.39, 0.29) is 11.5 Å². The molecule has 0 saturated carbocycles. The number of hydrogen-bond donors (Lipinski definition) is 0. The summed E-state index contributed by atoms with van der Waals surface area (Å²) in [6.45, 7) is 13.2. The smallest absolute Gasteiger partial charge is 0.0491 e.